The van der Waals surface area contributed by atoms with Crippen molar-refractivity contribution in [3.05, 3.63) is 46.3 Å². The van der Waals surface area contributed by atoms with Crippen LogP contribution in [0.4, 0.5) is 0 Å². The fourth-order valence-corrected chi connectivity index (χ4v) is 1.04. The Morgan fingerprint density at radius 2 is 2.20 bits per heavy atom. The van der Waals surface area contributed by atoms with Gasteiger partial charge in [-0.3, -0.25) is 0 Å². The molecule has 0 radical (unpaired) electrons. The summed E-state index contributed by atoms with van der Waals surface area (Å²) >= 11 is 0. The first-order chi connectivity index (χ1) is 7.36. The van der Waals surface area contributed by atoms with Gasteiger partial charge in [-0.05, 0) is 11.1 Å². The van der Waals surface area contributed by atoms with Gasteiger partial charge in [-0.15, -0.1) is 0 Å². The molecule has 1 rings (SSSR count). The molecule has 0 aromatic heterocycles. The monoisotopic (exact) mass is 205 g/mol. The van der Waals surface area contributed by atoms with Crippen molar-refractivity contribution >= 4 is 6.29 Å². The van der Waals surface area contributed by atoms with E-state index in [0.29, 0.717) is 12.9 Å². The summed E-state index contributed by atoms with van der Waals surface area (Å²) in [6, 6.07) is 8.83. The topological polar surface area (TPSA) is 75.1 Å². The molecular weight excluding hydrogens is 194 g/mol. The maximum Gasteiger partial charge on any atom is 0.131 e. The van der Waals surface area contributed by atoms with Crippen molar-refractivity contribution in [2.24, 2.45) is 5.11 Å². The smallest absolute Gasteiger partial charge is 0.131 e. The van der Waals surface area contributed by atoms with Crippen LogP contribution in [0.2, 0.25) is 0 Å². The van der Waals surface area contributed by atoms with Crippen LogP contribution in [0.1, 0.15) is 5.56 Å². The number of carbonyl (C=O) groups is 1. The van der Waals surface area contributed by atoms with E-state index in [2.05, 4.69) is 10.0 Å². The summed E-state index contributed by atoms with van der Waals surface area (Å²) in [6.45, 7) is 0.522. The van der Waals surface area contributed by atoms with Gasteiger partial charge < -0.3 is 9.53 Å². The van der Waals surface area contributed by atoms with E-state index in [1.165, 1.54) is 0 Å². The van der Waals surface area contributed by atoms with Gasteiger partial charge in [-0.1, -0.05) is 35.4 Å². The lowest BCUT2D eigenvalue weighted by Gasteiger charge is -2.05. The Morgan fingerprint density at radius 3 is 2.80 bits per heavy atom. The lowest BCUT2D eigenvalue weighted by atomic mass is 10.2. The number of ether oxygens (including phenoxy) is 1. The van der Waals surface area contributed by atoms with Gasteiger partial charge in [0.2, 0.25) is 0 Å². The number of nitrogens with zero attached hydrogens (tertiary/aromatic N) is 3. The van der Waals surface area contributed by atoms with Crippen LogP contribution < -0.4 is 0 Å². The highest BCUT2D eigenvalue weighted by molar-refractivity contribution is 5.57. The summed E-state index contributed by atoms with van der Waals surface area (Å²) in [5, 5.41) is 3.26. The van der Waals surface area contributed by atoms with E-state index in [-0.39, 0.29) is 6.61 Å². The van der Waals surface area contributed by atoms with Gasteiger partial charge in [0, 0.05) is 4.91 Å². The van der Waals surface area contributed by atoms with Crippen LogP contribution >= 0.6 is 0 Å². The van der Waals surface area contributed by atoms with Crippen LogP contribution in [0.3, 0.4) is 0 Å². The first-order valence-electron chi connectivity index (χ1n) is 4.48. The van der Waals surface area contributed by atoms with E-state index in [0.717, 1.165) is 5.56 Å². The molecule has 0 spiro atoms. The number of hydrogen-bond acceptors (Lipinski definition) is 3. The molecule has 1 aromatic rings. The van der Waals surface area contributed by atoms with E-state index < -0.39 is 6.04 Å². The zero-order valence-electron chi connectivity index (χ0n) is 8.11. The second-order valence-corrected chi connectivity index (χ2v) is 2.91. The molecule has 0 heterocycles. The van der Waals surface area contributed by atoms with Crippen molar-refractivity contribution in [1.82, 2.24) is 0 Å². The summed E-state index contributed by atoms with van der Waals surface area (Å²) in [5.74, 6) is 0. The van der Waals surface area contributed by atoms with Gasteiger partial charge in [0.1, 0.15) is 12.3 Å². The molecule has 0 aliphatic heterocycles. The largest absolute Gasteiger partial charge is 0.376 e. The molecule has 0 amide bonds. The minimum Gasteiger partial charge on any atom is -0.376 e. The van der Waals surface area contributed by atoms with Crippen LogP contribution in [0.5, 0.6) is 0 Å². The first-order valence-corrected chi connectivity index (χ1v) is 4.48. The van der Waals surface area contributed by atoms with Crippen molar-refractivity contribution < 1.29 is 9.53 Å². The van der Waals surface area contributed by atoms with E-state index in [4.69, 9.17) is 10.3 Å². The number of hydrogen-bond donors (Lipinski definition) is 0. The molecule has 78 valence electrons. The Labute approximate surface area is 87.3 Å². The Morgan fingerprint density at radius 1 is 1.47 bits per heavy atom. The molecule has 0 saturated carbocycles. The minimum atomic E-state index is -0.737. The van der Waals surface area contributed by atoms with Crippen LogP contribution in [0, 0.1) is 0 Å². The van der Waals surface area contributed by atoms with Crippen LogP contribution in [0.15, 0.2) is 35.4 Å². The predicted octanol–water partition coefficient (Wildman–Crippen LogP) is 2.08. The fourth-order valence-electron chi connectivity index (χ4n) is 1.04. The van der Waals surface area contributed by atoms with Gasteiger partial charge in [0.05, 0.1) is 13.2 Å². The average molecular weight is 205 g/mol. The highest BCUT2D eigenvalue weighted by Crippen LogP contribution is 2.01. The first kappa shape index (κ1) is 11.2. The molecule has 5 heteroatoms. The van der Waals surface area contributed by atoms with Crippen LogP contribution in [0.25, 0.3) is 10.4 Å². The number of aldehydes is 1. The third kappa shape index (κ3) is 4.26. The zero-order chi connectivity index (χ0) is 10.9. The third-order valence-electron chi connectivity index (χ3n) is 1.76. The zero-order valence-corrected chi connectivity index (χ0v) is 8.11. The molecule has 1 atom stereocenters. The molecular formula is C10H11N3O2. The summed E-state index contributed by atoms with van der Waals surface area (Å²) in [6.07, 6.45) is 0.574. The Kier molecular flexibility index (Phi) is 4.94. The fraction of sp³-hybridized carbons (Fsp3) is 0.300. The van der Waals surface area contributed by atoms with Gasteiger partial charge in [-0.2, -0.15) is 0 Å². The quantitative estimate of drug-likeness (QED) is 0.308. The molecule has 0 fully saturated rings. The van der Waals surface area contributed by atoms with Crippen molar-refractivity contribution in [1.29, 1.82) is 0 Å². The van der Waals surface area contributed by atoms with Crippen molar-refractivity contribution in [3.8, 4) is 0 Å². The average Bonchev–Trinajstić information content (AvgIpc) is 2.29. The molecule has 0 aliphatic rings. The molecule has 1 aromatic carbocycles. The summed E-state index contributed by atoms with van der Waals surface area (Å²) in [7, 11) is 0. The maximum atomic E-state index is 10.4. The van der Waals surface area contributed by atoms with Gasteiger partial charge in [-0.25, -0.2) is 0 Å². The van der Waals surface area contributed by atoms with E-state index in [1.54, 1.807) is 0 Å². The highest BCUT2D eigenvalue weighted by atomic mass is 16.5. The number of benzene rings is 1. The summed E-state index contributed by atoms with van der Waals surface area (Å²) in [4.78, 5) is 12.9. The maximum absolute atomic E-state index is 10.4. The van der Waals surface area contributed by atoms with E-state index in [9.17, 15) is 4.79 Å². The molecule has 0 bridgehead atoms. The number of carbonyl (C=O) groups excluding carboxylic acids is 1. The second kappa shape index (κ2) is 6.59. The van der Waals surface area contributed by atoms with Gasteiger partial charge in [0.25, 0.3) is 0 Å². The summed E-state index contributed by atoms with van der Waals surface area (Å²) in [5.41, 5.74) is 9.14. The lowest BCUT2D eigenvalue weighted by Crippen LogP contribution is -2.13. The minimum absolute atomic E-state index is 0.114. The van der Waals surface area contributed by atoms with Crippen molar-refractivity contribution in [3.63, 3.8) is 0 Å². The second-order valence-electron chi connectivity index (χ2n) is 2.91. The molecule has 15 heavy (non-hydrogen) atoms. The summed E-state index contributed by atoms with van der Waals surface area (Å²) < 4.78 is 5.23. The van der Waals surface area contributed by atoms with Gasteiger partial charge in [0.15, 0.2) is 0 Å². The molecule has 0 unspecified atom stereocenters. The molecule has 0 aliphatic carbocycles. The molecule has 0 saturated heterocycles. The Balaban J connectivity index is 2.32. The van der Waals surface area contributed by atoms with Crippen LogP contribution in [-0.2, 0) is 16.1 Å². The highest BCUT2D eigenvalue weighted by Gasteiger charge is 2.03. The third-order valence-corrected chi connectivity index (χ3v) is 1.76. The Bertz CT molecular complexity index is 347. The van der Waals surface area contributed by atoms with Crippen LogP contribution in [-0.4, -0.2) is 18.9 Å². The van der Waals surface area contributed by atoms with E-state index >= 15 is 0 Å². The van der Waals surface area contributed by atoms with Gasteiger partial charge >= 0.3 is 0 Å². The number of rotatable bonds is 6. The molecule has 5 nitrogen and oxygen atoms in total. The molecule has 0 N–H and O–H groups in total. The lowest BCUT2D eigenvalue weighted by molar-refractivity contribution is -0.110. The SMILES string of the molecule is [N-]=[N+]=N[C@@H](C=O)COCc1ccccc1. The number of azide groups is 1. The normalized spacial score (nSPS) is 11.5. The predicted molar refractivity (Wildman–Crippen MR) is 55.1 cm³/mol. The standard InChI is InChI=1S/C10H11N3O2/c11-13-12-10(6-14)8-15-7-9-4-2-1-3-5-9/h1-6,10H,7-8H2/t10-/m0/s1. The Hall–Kier alpha value is -1.84. The van der Waals surface area contributed by atoms with Crippen molar-refractivity contribution in [2.75, 3.05) is 6.61 Å². The van der Waals surface area contributed by atoms with Crippen molar-refractivity contribution in [2.45, 2.75) is 12.6 Å². The van der Waals surface area contributed by atoms with E-state index in [1.807, 2.05) is 30.3 Å².